The molecule has 0 unspecified atom stereocenters. The summed E-state index contributed by atoms with van der Waals surface area (Å²) in [6.07, 6.45) is 2.00. The van der Waals surface area contributed by atoms with Gasteiger partial charge in [-0.3, -0.25) is 9.69 Å². The van der Waals surface area contributed by atoms with Crippen LogP contribution < -0.4 is 9.64 Å². The summed E-state index contributed by atoms with van der Waals surface area (Å²) in [5.41, 5.74) is 1.61. The molecule has 0 aliphatic carbocycles. The summed E-state index contributed by atoms with van der Waals surface area (Å²) in [6.45, 7) is 10.2. The first-order valence-electron chi connectivity index (χ1n) is 10.3. The minimum atomic E-state index is -0.00352. The van der Waals surface area contributed by atoms with Crippen LogP contribution in [0.4, 0.5) is 5.13 Å². The van der Waals surface area contributed by atoms with Crippen molar-refractivity contribution in [2.24, 2.45) is 0 Å². The quantitative estimate of drug-likeness (QED) is 0.342. The summed E-state index contributed by atoms with van der Waals surface area (Å²) in [5, 5.41) is 0.728. The number of amides is 1. The molecule has 0 bridgehead atoms. The number of nitrogens with zero attached hydrogens (tertiary/aromatic N) is 3. The molecule has 0 saturated heterocycles. The van der Waals surface area contributed by atoms with Crippen LogP contribution in [-0.2, 0) is 0 Å². The van der Waals surface area contributed by atoms with Crippen molar-refractivity contribution in [2.75, 3.05) is 43.9 Å². The zero-order valence-electron chi connectivity index (χ0n) is 18.5. The lowest BCUT2D eigenvalue weighted by Crippen LogP contribution is -2.39. The lowest BCUT2D eigenvalue weighted by atomic mass is 10.2. The van der Waals surface area contributed by atoms with Gasteiger partial charge in [0, 0.05) is 18.0 Å². The fourth-order valence-electron chi connectivity index (χ4n) is 3.30. The van der Waals surface area contributed by atoms with Gasteiger partial charge >= 0.3 is 0 Å². The summed E-state index contributed by atoms with van der Waals surface area (Å²) in [5.74, 6) is 0.824. The standard InChI is InChI=1S/C23H29N3O2S2.ClH/c1-5-25(6-2)14-15-26(22(27)18-10-8-9-11-20(18)29-4)23-24-19-13-12-17(28-7-3)16-21(19)30-23;/h8-13,16H,5-7,14-15H2,1-4H3;1H. The molecule has 5 nitrogen and oxygen atoms in total. The molecule has 0 aliphatic rings. The number of rotatable bonds is 10. The van der Waals surface area contributed by atoms with Gasteiger partial charge in [-0.25, -0.2) is 4.98 Å². The fraction of sp³-hybridized carbons (Fsp3) is 0.391. The number of hydrogen-bond acceptors (Lipinski definition) is 6. The van der Waals surface area contributed by atoms with Gasteiger partial charge in [0.1, 0.15) is 5.75 Å². The first-order chi connectivity index (χ1) is 14.6. The maximum atomic E-state index is 13.6. The highest BCUT2D eigenvalue weighted by molar-refractivity contribution is 7.98. The second-order valence-corrected chi connectivity index (χ2v) is 8.60. The van der Waals surface area contributed by atoms with Crippen LogP contribution in [0.25, 0.3) is 10.2 Å². The van der Waals surface area contributed by atoms with E-state index in [0.717, 1.165) is 51.2 Å². The Kier molecular flexibility index (Phi) is 10.1. The molecule has 1 amide bonds. The molecule has 0 aliphatic heterocycles. The van der Waals surface area contributed by atoms with Gasteiger partial charge in [0.2, 0.25) is 0 Å². The lowest BCUT2D eigenvalue weighted by Gasteiger charge is -2.25. The van der Waals surface area contributed by atoms with E-state index >= 15 is 0 Å². The van der Waals surface area contributed by atoms with Crippen molar-refractivity contribution in [3.8, 4) is 5.75 Å². The summed E-state index contributed by atoms with van der Waals surface area (Å²) in [7, 11) is 0. The van der Waals surface area contributed by atoms with Crippen LogP contribution in [0.3, 0.4) is 0 Å². The fourth-order valence-corrected chi connectivity index (χ4v) is 4.91. The topological polar surface area (TPSA) is 45.7 Å². The largest absolute Gasteiger partial charge is 0.494 e. The summed E-state index contributed by atoms with van der Waals surface area (Å²) in [4.78, 5) is 23.5. The number of ether oxygens (including phenoxy) is 1. The Labute approximate surface area is 199 Å². The van der Waals surface area contributed by atoms with Crippen molar-refractivity contribution in [1.29, 1.82) is 0 Å². The minimum Gasteiger partial charge on any atom is -0.494 e. The number of hydrogen-bond donors (Lipinski definition) is 0. The van der Waals surface area contributed by atoms with E-state index in [1.807, 2.05) is 60.5 Å². The van der Waals surface area contributed by atoms with Gasteiger partial charge in [-0.15, -0.1) is 24.2 Å². The van der Waals surface area contributed by atoms with E-state index in [1.54, 1.807) is 11.8 Å². The Morgan fingerprint density at radius 1 is 1.10 bits per heavy atom. The third kappa shape index (κ3) is 6.13. The Morgan fingerprint density at radius 3 is 2.52 bits per heavy atom. The van der Waals surface area contributed by atoms with Crippen LogP contribution in [0.1, 0.15) is 31.1 Å². The molecule has 3 aromatic rings. The Hall–Kier alpha value is -1.80. The number of carbonyl (C=O) groups excluding carboxylic acids is 1. The normalized spacial score (nSPS) is 10.9. The van der Waals surface area contributed by atoms with Gasteiger partial charge in [-0.05, 0) is 56.6 Å². The monoisotopic (exact) mass is 479 g/mol. The highest BCUT2D eigenvalue weighted by Crippen LogP contribution is 2.33. The zero-order chi connectivity index (χ0) is 21.5. The molecule has 0 atom stereocenters. The molecule has 0 N–H and O–H groups in total. The molecular formula is C23H30ClN3O2S2. The van der Waals surface area contributed by atoms with Gasteiger partial charge in [0.05, 0.1) is 22.4 Å². The number of likely N-dealkylation sites (N-methyl/N-ethyl adjacent to an activating group) is 1. The van der Waals surface area contributed by atoms with Gasteiger partial charge in [-0.2, -0.15) is 0 Å². The van der Waals surface area contributed by atoms with E-state index in [1.165, 1.54) is 11.3 Å². The third-order valence-electron chi connectivity index (χ3n) is 5.01. The van der Waals surface area contributed by atoms with Crippen molar-refractivity contribution in [3.63, 3.8) is 0 Å². The number of thioether (sulfide) groups is 1. The first kappa shape index (κ1) is 25.5. The molecule has 1 aromatic heterocycles. The Balaban J connectivity index is 0.00000341. The average molecular weight is 480 g/mol. The maximum Gasteiger partial charge on any atom is 0.261 e. The lowest BCUT2D eigenvalue weighted by molar-refractivity contribution is 0.0981. The van der Waals surface area contributed by atoms with Crippen LogP contribution in [0, 0.1) is 0 Å². The van der Waals surface area contributed by atoms with E-state index in [9.17, 15) is 4.79 Å². The second kappa shape index (κ2) is 12.3. The maximum absolute atomic E-state index is 13.6. The number of benzene rings is 2. The molecule has 1 heterocycles. The summed E-state index contributed by atoms with van der Waals surface area (Å²) < 4.78 is 6.65. The average Bonchev–Trinajstić information content (AvgIpc) is 3.19. The highest BCUT2D eigenvalue weighted by Gasteiger charge is 2.23. The van der Waals surface area contributed by atoms with Crippen LogP contribution in [-0.4, -0.2) is 54.8 Å². The van der Waals surface area contributed by atoms with Gasteiger partial charge < -0.3 is 9.64 Å². The number of halogens is 1. The van der Waals surface area contributed by atoms with E-state index in [-0.39, 0.29) is 18.3 Å². The van der Waals surface area contributed by atoms with Crippen LogP contribution in [0.15, 0.2) is 47.4 Å². The van der Waals surface area contributed by atoms with Crippen LogP contribution in [0.5, 0.6) is 5.75 Å². The minimum absolute atomic E-state index is 0. The molecule has 0 fully saturated rings. The Morgan fingerprint density at radius 2 is 1.84 bits per heavy atom. The number of carbonyl (C=O) groups is 1. The first-order valence-corrected chi connectivity index (χ1v) is 12.4. The molecule has 0 spiro atoms. The molecule has 8 heteroatoms. The van der Waals surface area contributed by atoms with Crippen molar-refractivity contribution >= 4 is 56.8 Å². The van der Waals surface area contributed by atoms with Crippen molar-refractivity contribution < 1.29 is 9.53 Å². The number of aromatic nitrogens is 1. The zero-order valence-corrected chi connectivity index (χ0v) is 20.9. The second-order valence-electron chi connectivity index (χ2n) is 6.74. The van der Waals surface area contributed by atoms with Crippen LogP contribution >= 0.6 is 35.5 Å². The molecule has 0 saturated carbocycles. The van der Waals surface area contributed by atoms with E-state index in [2.05, 4.69) is 18.7 Å². The summed E-state index contributed by atoms with van der Waals surface area (Å²) in [6, 6.07) is 13.7. The number of anilines is 1. The van der Waals surface area contributed by atoms with Crippen LogP contribution in [0.2, 0.25) is 0 Å². The van der Waals surface area contributed by atoms with E-state index in [0.29, 0.717) is 13.2 Å². The predicted octanol–water partition coefficient (Wildman–Crippen LogP) is 5.83. The number of fused-ring (bicyclic) bond motifs is 1. The molecular weight excluding hydrogens is 450 g/mol. The van der Waals surface area contributed by atoms with E-state index < -0.39 is 0 Å². The number of thiazole rings is 1. The molecule has 0 radical (unpaired) electrons. The van der Waals surface area contributed by atoms with E-state index in [4.69, 9.17) is 9.72 Å². The molecule has 3 rings (SSSR count). The predicted molar refractivity (Wildman–Crippen MR) is 136 cm³/mol. The molecule has 31 heavy (non-hydrogen) atoms. The van der Waals surface area contributed by atoms with Crippen molar-refractivity contribution in [3.05, 3.63) is 48.0 Å². The third-order valence-corrected chi connectivity index (χ3v) is 6.84. The molecule has 168 valence electrons. The SMILES string of the molecule is CCOc1ccc2nc(N(CCN(CC)CC)C(=O)c3ccccc3SC)sc2c1.Cl. The van der Waals surface area contributed by atoms with Crippen molar-refractivity contribution in [1.82, 2.24) is 9.88 Å². The van der Waals surface area contributed by atoms with Gasteiger partial charge in [0.15, 0.2) is 5.13 Å². The highest BCUT2D eigenvalue weighted by atomic mass is 35.5. The van der Waals surface area contributed by atoms with Gasteiger partial charge in [0.25, 0.3) is 5.91 Å². The van der Waals surface area contributed by atoms with Crippen molar-refractivity contribution in [2.45, 2.75) is 25.7 Å². The van der Waals surface area contributed by atoms with Gasteiger partial charge in [-0.1, -0.05) is 37.3 Å². The Bertz CT molecular complexity index is 992. The molecule has 2 aromatic carbocycles. The smallest absolute Gasteiger partial charge is 0.261 e. The summed E-state index contributed by atoms with van der Waals surface area (Å²) >= 11 is 3.13.